The first-order valence-corrected chi connectivity index (χ1v) is 12.3. The normalized spacial score (nSPS) is 18.6. The van der Waals surface area contributed by atoms with Crippen LogP contribution in [0, 0.1) is 0 Å². The van der Waals surface area contributed by atoms with Gasteiger partial charge < -0.3 is 10.6 Å². The topological polar surface area (TPSA) is 54.5 Å². The average molecular weight is 491 g/mol. The zero-order valence-electron chi connectivity index (χ0n) is 21.6. The molecule has 2 aromatic rings. The van der Waals surface area contributed by atoms with E-state index in [2.05, 4.69) is 30.6 Å². The standard InChI is InChI=1S/C30H36F2N4/c1-6-9-25(19-34-3)27-12-13-28(23-11-8-10-22(16-23)21(7-2)20-36(4)5)35-29(27)24-14-15-30(31,32)18-26(33)17-24/h7-14,16,19-20,26H,2,6,15,17-18,33H2,1,3-5H3/b21-20+,25-9+,34-19?/t26-/m0/s1. The van der Waals surface area contributed by atoms with Crippen LogP contribution in [0.3, 0.4) is 0 Å². The number of nitrogens with zero attached hydrogens (tertiary/aromatic N) is 3. The van der Waals surface area contributed by atoms with E-state index in [0.29, 0.717) is 12.1 Å². The quantitative estimate of drug-likeness (QED) is 0.325. The largest absolute Gasteiger partial charge is 0.383 e. The summed E-state index contributed by atoms with van der Waals surface area (Å²) in [4.78, 5) is 11.2. The molecule has 0 aliphatic heterocycles. The van der Waals surface area contributed by atoms with Gasteiger partial charge in [0.2, 0.25) is 0 Å². The van der Waals surface area contributed by atoms with Crippen LogP contribution >= 0.6 is 0 Å². The molecule has 6 heteroatoms. The molecule has 0 saturated carbocycles. The summed E-state index contributed by atoms with van der Waals surface area (Å²) < 4.78 is 28.6. The fraction of sp³-hybridized carbons (Fsp3) is 0.333. The highest BCUT2D eigenvalue weighted by Gasteiger charge is 2.34. The number of hydrogen-bond acceptors (Lipinski definition) is 4. The van der Waals surface area contributed by atoms with Crippen LogP contribution in [0.4, 0.5) is 8.78 Å². The van der Waals surface area contributed by atoms with Gasteiger partial charge >= 0.3 is 0 Å². The number of halogens is 2. The minimum absolute atomic E-state index is 0.333. The molecule has 190 valence electrons. The van der Waals surface area contributed by atoms with Gasteiger partial charge in [0.15, 0.2) is 0 Å². The number of alkyl halides is 2. The molecule has 2 N–H and O–H groups in total. The van der Waals surface area contributed by atoms with Crippen LogP contribution in [0.15, 0.2) is 72.4 Å². The monoisotopic (exact) mass is 490 g/mol. The van der Waals surface area contributed by atoms with Crippen molar-refractivity contribution < 1.29 is 8.78 Å². The van der Waals surface area contributed by atoms with Crippen LogP contribution in [0.2, 0.25) is 0 Å². The van der Waals surface area contributed by atoms with Crippen molar-refractivity contribution in [2.24, 2.45) is 10.7 Å². The molecule has 1 aliphatic carbocycles. The van der Waals surface area contributed by atoms with Gasteiger partial charge in [0.05, 0.1) is 11.4 Å². The Bertz CT molecular complexity index is 1210. The number of nitrogens with two attached hydrogens (primary N) is 1. The Kier molecular flexibility index (Phi) is 9.10. The molecule has 0 saturated heterocycles. The Morgan fingerprint density at radius 1 is 1.25 bits per heavy atom. The van der Waals surface area contributed by atoms with E-state index < -0.39 is 12.0 Å². The van der Waals surface area contributed by atoms with Gasteiger partial charge in [-0.05, 0) is 53.3 Å². The fourth-order valence-corrected chi connectivity index (χ4v) is 4.44. The zero-order valence-corrected chi connectivity index (χ0v) is 21.6. The summed E-state index contributed by atoms with van der Waals surface area (Å²) in [5.74, 6) is -2.82. The van der Waals surface area contributed by atoms with Gasteiger partial charge in [-0.3, -0.25) is 4.99 Å². The van der Waals surface area contributed by atoms with Crippen molar-refractivity contribution in [3.05, 3.63) is 84.2 Å². The Labute approximate surface area is 213 Å². The van der Waals surface area contributed by atoms with Crippen LogP contribution < -0.4 is 5.73 Å². The maximum Gasteiger partial charge on any atom is 0.253 e. The van der Waals surface area contributed by atoms with Crippen molar-refractivity contribution in [2.75, 3.05) is 21.1 Å². The van der Waals surface area contributed by atoms with Crippen molar-refractivity contribution in [1.82, 2.24) is 9.88 Å². The number of aliphatic imine (C=N–C) groups is 1. The zero-order chi connectivity index (χ0) is 26.3. The number of aromatic nitrogens is 1. The first-order valence-electron chi connectivity index (χ1n) is 12.3. The molecule has 4 nitrogen and oxygen atoms in total. The highest BCUT2D eigenvalue weighted by atomic mass is 19.3. The summed E-state index contributed by atoms with van der Waals surface area (Å²) in [7, 11) is 5.65. The summed E-state index contributed by atoms with van der Waals surface area (Å²) in [5.41, 5.74) is 13.0. The fourth-order valence-electron chi connectivity index (χ4n) is 4.44. The molecule has 3 rings (SSSR count). The third-order valence-corrected chi connectivity index (χ3v) is 6.00. The second-order valence-electron chi connectivity index (χ2n) is 9.34. The number of pyridine rings is 1. The third kappa shape index (κ3) is 6.85. The van der Waals surface area contributed by atoms with E-state index in [1.807, 2.05) is 61.6 Å². The molecule has 0 spiro atoms. The van der Waals surface area contributed by atoms with Crippen molar-refractivity contribution in [2.45, 2.75) is 44.6 Å². The second kappa shape index (κ2) is 12.0. The number of hydrogen-bond donors (Lipinski definition) is 1. The first-order chi connectivity index (χ1) is 17.2. The SMILES string of the molecule is C=C/C(=C\N(C)C)c1cccc(-c2ccc(/C(C=NC)=C/CC)c(C3=CCC(F)(F)C[C@@H](N)C3)n2)c1. The summed E-state index contributed by atoms with van der Waals surface area (Å²) >= 11 is 0. The molecule has 0 bridgehead atoms. The van der Waals surface area contributed by atoms with Crippen molar-refractivity contribution >= 4 is 22.9 Å². The van der Waals surface area contributed by atoms with E-state index in [1.54, 1.807) is 19.3 Å². The predicted molar refractivity (Wildman–Crippen MR) is 149 cm³/mol. The van der Waals surface area contributed by atoms with Crippen LogP contribution in [-0.2, 0) is 0 Å². The van der Waals surface area contributed by atoms with Crippen LogP contribution in [-0.4, -0.2) is 49.2 Å². The molecular formula is C30H36F2N4. The maximum atomic E-state index is 14.3. The molecule has 0 amide bonds. The van der Waals surface area contributed by atoms with Gasteiger partial charge in [0.1, 0.15) is 0 Å². The molecular weight excluding hydrogens is 454 g/mol. The smallest absolute Gasteiger partial charge is 0.253 e. The van der Waals surface area contributed by atoms with E-state index >= 15 is 0 Å². The van der Waals surface area contributed by atoms with Gasteiger partial charge in [-0.15, -0.1) is 0 Å². The summed E-state index contributed by atoms with van der Waals surface area (Å²) in [6.07, 6.45) is 9.78. The van der Waals surface area contributed by atoms with Crippen LogP contribution in [0.25, 0.3) is 28.0 Å². The first kappa shape index (κ1) is 27.2. The van der Waals surface area contributed by atoms with Gasteiger partial charge in [-0.2, -0.15) is 0 Å². The second-order valence-corrected chi connectivity index (χ2v) is 9.34. The van der Waals surface area contributed by atoms with E-state index in [9.17, 15) is 8.78 Å². The summed E-state index contributed by atoms with van der Waals surface area (Å²) in [6.45, 7) is 6.00. The molecule has 1 heterocycles. The Morgan fingerprint density at radius 3 is 2.69 bits per heavy atom. The lowest BCUT2D eigenvalue weighted by atomic mass is 9.94. The molecule has 1 aromatic carbocycles. The lowest BCUT2D eigenvalue weighted by molar-refractivity contribution is -0.00825. The molecule has 0 unspecified atom stereocenters. The van der Waals surface area contributed by atoms with E-state index in [0.717, 1.165) is 45.5 Å². The molecule has 36 heavy (non-hydrogen) atoms. The molecule has 1 aromatic heterocycles. The summed E-state index contributed by atoms with van der Waals surface area (Å²) in [5, 5.41) is 0. The predicted octanol–water partition coefficient (Wildman–Crippen LogP) is 6.86. The molecule has 1 aliphatic rings. The summed E-state index contributed by atoms with van der Waals surface area (Å²) in [6, 6.07) is 11.4. The van der Waals surface area contributed by atoms with Crippen molar-refractivity contribution in [3.63, 3.8) is 0 Å². The molecule has 0 fully saturated rings. The van der Waals surface area contributed by atoms with Gasteiger partial charge in [0.25, 0.3) is 5.92 Å². The van der Waals surface area contributed by atoms with E-state index in [-0.39, 0.29) is 12.8 Å². The van der Waals surface area contributed by atoms with Crippen LogP contribution in [0.1, 0.15) is 49.4 Å². The van der Waals surface area contributed by atoms with E-state index in [4.69, 9.17) is 10.7 Å². The van der Waals surface area contributed by atoms with Gasteiger partial charge in [-0.25, -0.2) is 13.8 Å². The lowest BCUT2D eigenvalue weighted by Gasteiger charge is -2.18. The van der Waals surface area contributed by atoms with E-state index in [1.165, 1.54) is 0 Å². The van der Waals surface area contributed by atoms with Gasteiger partial charge in [0, 0.05) is 63.6 Å². The highest BCUT2D eigenvalue weighted by molar-refractivity contribution is 6.11. The maximum absolute atomic E-state index is 14.3. The molecule has 1 atom stereocenters. The Morgan fingerprint density at radius 2 is 2.03 bits per heavy atom. The average Bonchev–Trinajstić information content (AvgIpc) is 2.98. The van der Waals surface area contributed by atoms with Gasteiger partial charge in [-0.1, -0.05) is 49.9 Å². The van der Waals surface area contributed by atoms with Crippen molar-refractivity contribution in [3.8, 4) is 11.3 Å². The highest BCUT2D eigenvalue weighted by Crippen LogP contribution is 2.37. The minimum Gasteiger partial charge on any atom is -0.383 e. The number of allylic oxidation sites excluding steroid dienone is 5. The van der Waals surface area contributed by atoms with Crippen LogP contribution in [0.5, 0.6) is 0 Å². The Balaban J connectivity index is 2.19. The number of rotatable bonds is 8. The minimum atomic E-state index is -2.82. The molecule has 0 radical (unpaired) electrons. The number of benzene rings is 1. The Hall–Kier alpha value is -3.38. The van der Waals surface area contributed by atoms with Crippen molar-refractivity contribution in [1.29, 1.82) is 0 Å². The lowest BCUT2D eigenvalue weighted by Crippen LogP contribution is -2.28. The third-order valence-electron chi connectivity index (χ3n) is 6.00.